The standard InChI is InChI=1S/C43H54F2N6O9S/c1-25(2)59-38-19-36(30-13-14-35(58-5)26(3)39(30)47-38)60-29-18-32-34(53)21-43(41(55)49-61(56,57)42(4)15-16-42)20-28(43)12-10-8-6-7-9-11-27(40(54)50(32)23-29)17-33(52)31-22-46-51(48-31)24-37(44)45/h10,12-14,19,22,25,27-29,32,37H,6-9,11,15-18,20-21,23-24H2,1-5H3,(H,49,55)/b12-10-/t27-,28-,29-,32+,43-/m1/s1. The van der Waals surface area contributed by atoms with Crippen LogP contribution in [0.3, 0.4) is 0 Å². The highest BCUT2D eigenvalue weighted by atomic mass is 32.2. The molecule has 61 heavy (non-hydrogen) atoms. The number of methoxy groups -OCH3 is 1. The molecule has 5 atom stereocenters. The van der Waals surface area contributed by atoms with Crippen LogP contribution in [-0.4, -0.2) is 99.8 Å². The first-order valence-electron chi connectivity index (χ1n) is 21.0. The molecule has 330 valence electrons. The maximum absolute atomic E-state index is 14.8. The molecule has 2 aliphatic carbocycles. The van der Waals surface area contributed by atoms with E-state index in [1.807, 2.05) is 39.0 Å². The predicted octanol–water partition coefficient (Wildman–Crippen LogP) is 5.92. The van der Waals surface area contributed by atoms with Gasteiger partial charge in [-0.1, -0.05) is 25.0 Å². The van der Waals surface area contributed by atoms with E-state index < -0.39 is 74.6 Å². The van der Waals surface area contributed by atoms with E-state index in [1.54, 1.807) is 26.2 Å². The summed E-state index contributed by atoms with van der Waals surface area (Å²) in [6.07, 6.45) is 4.83. The lowest BCUT2D eigenvalue weighted by Crippen LogP contribution is -2.47. The third-order valence-electron chi connectivity index (χ3n) is 12.5. The number of nitrogens with one attached hydrogen (secondary N) is 1. The van der Waals surface area contributed by atoms with Crippen LogP contribution in [0, 0.1) is 24.2 Å². The number of ketones is 2. The SMILES string of the molecule is COc1ccc2c(O[C@@H]3C[C@H]4C(=O)C[C@]5(C(=O)NS(=O)(=O)C6(C)CC6)C[C@H]5/C=C\CCCCC[C@H](CC(=O)c5cnn(CC(F)F)n5)C(=O)N4C3)cc(OC(C)C)nc2c1C. The normalized spacial score (nSPS) is 26.0. The average molecular weight is 869 g/mol. The van der Waals surface area contributed by atoms with Crippen molar-refractivity contribution in [2.45, 2.75) is 134 Å². The molecule has 15 nitrogen and oxygen atoms in total. The lowest BCUT2D eigenvalue weighted by Gasteiger charge is -2.29. The predicted molar refractivity (Wildman–Crippen MR) is 219 cm³/mol. The number of nitrogens with zero attached hydrogens (tertiary/aromatic N) is 5. The summed E-state index contributed by atoms with van der Waals surface area (Å²) in [5, 5.41) is 8.37. The van der Waals surface area contributed by atoms with Gasteiger partial charge < -0.3 is 19.1 Å². The molecule has 3 fully saturated rings. The molecular formula is C43H54F2N6O9S. The number of aromatic nitrogens is 4. The van der Waals surface area contributed by atoms with Crippen molar-refractivity contribution < 1.29 is 50.6 Å². The fraction of sp³-hybridized carbons (Fsp3) is 0.605. The van der Waals surface area contributed by atoms with Crippen LogP contribution in [0.25, 0.3) is 10.9 Å². The Morgan fingerprint density at radius 1 is 1.10 bits per heavy atom. The summed E-state index contributed by atoms with van der Waals surface area (Å²) in [5.74, 6) is -2.15. The van der Waals surface area contributed by atoms with Crippen molar-refractivity contribution in [3.8, 4) is 17.4 Å². The summed E-state index contributed by atoms with van der Waals surface area (Å²) in [6, 6.07) is 4.19. The number of benzene rings is 1. The summed E-state index contributed by atoms with van der Waals surface area (Å²) >= 11 is 0. The van der Waals surface area contributed by atoms with Crippen LogP contribution in [0.15, 0.2) is 36.5 Å². The van der Waals surface area contributed by atoms with Gasteiger partial charge in [0.05, 0.1) is 47.7 Å². The van der Waals surface area contributed by atoms with Gasteiger partial charge in [-0.05, 0) is 84.3 Å². The number of amides is 2. The number of fused-ring (bicyclic) bond motifs is 3. The molecule has 0 spiro atoms. The molecule has 2 saturated carbocycles. The van der Waals surface area contributed by atoms with Gasteiger partial charge in [0.25, 0.3) is 6.43 Å². The molecule has 3 aromatic rings. The number of pyridine rings is 1. The van der Waals surface area contributed by atoms with Gasteiger partial charge in [-0.3, -0.25) is 23.9 Å². The molecule has 1 N–H and O–H groups in total. The Morgan fingerprint density at radius 3 is 2.57 bits per heavy atom. The van der Waals surface area contributed by atoms with Crippen LogP contribution >= 0.6 is 0 Å². The molecule has 1 saturated heterocycles. The molecule has 18 heteroatoms. The molecule has 2 amide bonds. The maximum atomic E-state index is 14.8. The summed E-state index contributed by atoms with van der Waals surface area (Å²) in [7, 11) is -2.44. The average Bonchev–Trinajstić information content (AvgIpc) is 3.99. The van der Waals surface area contributed by atoms with E-state index in [-0.39, 0.29) is 49.9 Å². The number of ether oxygens (including phenoxy) is 3. The Bertz CT molecular complexity index is 2330. The van der Waals surface area contributed by atoms with Crippen LogP contribution in [0.1, 0.15) is 107 Å². The number of aryl methyl sites for hydroxylation is 1. The van der Waals surface area contributed by atoms with E-state index in [0.29, 0.717) is 66.8 Å². The minimum atomic E-state index is -4.01. The van der Waals surface area contributed by atoms with Crippen LogP contribution in [0.4, 0.5) is 8.78 Å². The topological polar surface area (TPSA) is 189 Å². The van der Waals surface area contributed by atoms with E-state index in [2.05, 4.69) is 14.9 Å². The Hall–Kier alpha value is -5.00. The molecular weight excluding hydrogens is 815 g/mol. The van der Waals surface area contributed by atoms with Crippen LogP contribution in [0.2, 0.25) is 0 Å². The van der Waals surface area contributed by atoms with Gasteiger partial charge >= 0.3 is 0 Å². The Kier molecular flexibility index (Phi) is 12.6. The molecule has 4 aliphatic rings. The number of rotatable bonds is 13. The van der Waals surface area contributed by atoms with E-state index in [4.69, 9.17) is 19.2 Å². The zero-order chi connectivity index (χ0) is 43.9. The van der Waals surface area contributed by atoms with Crippen LogP contribution in [-0.2, 0) is 31.0 Å². The molecule has 0 unspecified atom stereocenters. The van der Waals surface area contributed by atoms with Gasteiger partial charge in [0.2, 0.25) is 27.7 Å². The Labute approximate surface area is 354 Å². The number of hydrogen-bond acceptors (Lipinski definition) is 12. The monoisotopic (exact) mass is 868 g/mol. The van der Waals surface area contributed by atoms with Gasteiger partial charge in [-0.2, -0.15) is 15.0 Å². The smallest absolute Gasteiger partial charge is 0.259 e. The zero-order valence-corrected chi connectivity index (χ0v) is 36.0. The second-order valence-electron chi connectivity index (χ2n) is 17.5. The van der Waals surface area contributed by atoms with Gasteiger partial charge in [0.1, 0.15) is 29.8 Å². The minimum absolute atomic E-state index is 0.0426. The molecule has 1 aromatic carbocycles. The van der Waals surface area contributed by atoms with Crippen LogP contribution < -0.4 is 18.9 Å². The number of alkyl halides is 2. The van der Waals surface area contributed by atoms with Crippen molar-refractivity contribution in [2.24, 2.45) is 17.3 Å². The van der Waals surface area contributed by atoms with Crippen molar-refractivity contribution in [3.63, 3.8) is 0 Å². The van der Waals surface area contributed by atoms with Gasteiger partial charge in [-0.15, -0.1) is 0 Å². The number of halogens is 2. The van der Waals surface area contributed by atoms with Gasteiger partial charge in [-0.25, -0.2) is 22.2 Å². The van der Waals surface area contributed by atoms with Crippen LogP contribution in [0.5, 0.6) is 17.4 Å². The molecule has 0 radical (unpaired) electrons. The van der Waals surface area contributed by atoms with Crippen molar-refractivity contribution in [3.05, 3.63) is 47.8 Å². The quantitative estimate of drug-likeness (QED) is 0.158. The summed E-state index contributed by atoms with van der Waals surface area (Å²) < 4.78 is 72.1. The van der Waals surface area contributed by atoms with E-state index in [1.165, 1.54) is 4.90 Å². The van der Waals surface area contributed by atoms with E-state index in [0.717, 1.165) is 23.0 Å². The van der Waals surface area contributed by atoms with E-state index in [9.17, 15) is 36.4 Å². The van der Waals surface area contributed by atoms with Gasteiger partial charge in [0.15, 0.2) is 11.6 Å². The summed E-state index contributed by atoms with van der Waals surface area (Å²) in [5.41, 5.74) is -0.157. The highest BCUT2D eigenvalue weighted by Gasteiger charge is 2.62. The fourth-order valence-electron chi connectivity index (χ4n) is 8.54. The molecule has 4 heterocycles. The largest absolute Gasteiger partial charge is 0.496 e. The number of sulfonamides is 1. The number of carbonyl (C=O) groups is 4. The first-order valence-corrected chi connectivity index (χ1v) is 22.5. The summed E-state index contributed by atoms with van der Waals surface area (Å²) in [6.45, 7) is 6.35. The molecule has 0 bridgehead atoms. The first-order chi connectivity index (χ1) is 28.9. The molecule has 2 aliphatic heterocycles. The fourth-order valence-corrected chi connectivity index (χ4v) is 9.87. The molecule has 7 rings (SSSR count). The van der Waals surface area contributed by atoms with Crippen molar-refractivity contribution in [1.82, 2.24) is 29.6 Å². The highest BCUT2D eigenvalue weighted by Crippen LogP contribution is 2.57. The van der Waals surface area contributed by atoms with Crippen molar-refractivity contribution in [1.29, 1.82) is 0 Å². The van der Waals surface area contributed by atoms with Crippen molar-refractivity contribution in [2.75, 3.05) is 13.7 Å². The number of carbonyl (C=O) groups excluding carboxylic acids is 4. The number of allylic oxidation sites excluding steroid dienone is 2. The minimum Gasteiger partial charge on any atom is -0.496 e. The van der Waals surface area contributed by atoms with Gasteiger partial charge in [0, 0.05) is 42.2 Å². The lowest BCUT2D eigenvalue weighted by molar-refractivity contribution is -0.142. The lowest BCUT2D eigenvalue weighted by atomic mass is 9.90. The first kappa shape index (κ1) is 44.1. The Balaban J connectivity index is 1.23. The zero-order valence-electron chi connectivity index (χ0n) is 35.2. The highest BCUT2D eigenvalue weighted by molar-refractivity contribution is 7.91. The van der Waals surface area contributed by atoms with Crippen molar-refractivity contribution >= 4 is 44.3 Å². The second-order valence-corrected chi connectivity index (χ2v) is 19.7. The number of Topliss-reactive ketones (excluding diaryl/α,β-unsaturated/α-hetero) is 2. The molecule has 2 aromatic heterocycles. The number of hydrogen-bond donors (Lipinski definition) is 1. The summed E-state index contributed by atoms with van der Waals surface area (Å²) in [4.78, 5) is 64.1. The Morgan fingerprint density at radius 2 is 1.87 bits per heavy atom. The van der Waals surface area contributed by atoms with E-state index >= 15 is 0 Å². The maximum Gasteiger partial charge on any atom is 0.259 e. The third-order valence-corrected chi connectivity index (χ3v) is 14.7. The second kappa shape index (κ2) is 17.4. The third kappa shape index (κ3) is 9.43.